The van der Waals surface area contributed by atoms with Gasteiger partial charge >= 0.3 is 35.9 Å². The van der Waals surface area contributed by atoms with Crippen LogP contribution in [0.15, 0.2) is 114 Å². The number of aliphatic hydroxyl groups is 2. The molecule has 0 spiro atoms. The first-order valence-electron chi connectivity index (χ1n) is 29.4. The Morgan fingerprint density at radius 1 is 0.807 bits per heavy atom. The summed E-state index contributed by atoms with van der Waals surface area (Å²) in [7, 11) is 0. The van der Waals surface area contributed by atoms with Gasteiger partial charge in [-0.05, 0) is 115 Å². The van der Waals surface area contributed by atoms with Crippen LogP contribution in [0.1, 0.15) is 170 Å². The lowest BCUT2D eigenvalue weighted by atomic mass is 9.44. The van der Waals surface area contributed by atoms with E-state index in [2.05, 4.69) is 66.9 Å². The summed E-state index contributed by atoms with van der Waals surface area (Å²) in [5.74, 6) is -7.13. The highest BCUT2D eigenvalue weighted by Gasteiger charge is 2.78. The van der Waals surface area contributed by atoms with E-state index in [9.17, 15) is 34.2 Å². The van der Waals surface area contributed by atoms with Gasteiger partial charge in [-0.2, -0.15) is 0 Å². The molecule has 1 heterocycles. The number of hydrogen-bond donors (Lipinski definition) is 3. The van der Waals surface area contributed by atoms with Gasteiger partial charge < -0.3 is 48.7 Å². The molecule has 17 nitrogen and oxygen atoms in total. The van der Waals surface area contributed by atoms with E-state index < -0.39 is 124 Å². The van der Waals surface area contributed by atoms with Crippen LogP contribution in [0.3, 0.4) is 0 Å². The lowest BCUT2D eigenvalue weighted by molar-refractivity contribution is -0.346. The average Bonchev–Trinajstić information content (AvgIpc) is 0.708. The molecule has 3 fully saturated rings. The van der Waals surface area contributed by atoms with Crippen LogP contribution in [-0.4, -0.2) is 118 Å². The van der Waals surface area contributed by atoms with E-state index in [0.717, 1.165) is 39.0 Å². The number of carbonyl (C=O) groups is 7. The number of ether oxygens (including phenoxy) is 7. The quantitative estimate of drug-likeness (QED) is 0.0444. The molecule has 1 unspecified atom stereocenters. The van der Waals surface area contributed by atoms with Crippen molar-refractivity contribution in [2.24, 2.45) is 22.7 Å². The summed E-state index contributed by atoms with van der Waals surface area (Å²) in [6.45, 7) is 19.3. The highest BCUT2D eigenvalue weighted by Crippen LogP contribution is 2.64. The third-order valence-electron chi connectivity index (χ3n) is 16.1. The Morgan fingerprint density at radius 2 is 1.37 bits per heavy atom. The molecule has 1 aliphatic heterocycles. The number of allylic oxidation sites excluding steroid dienone is 12. The van der Waals surface area contributed by atoms with Crippen LogP contribution in [0.5, 0.6) is 0 Å². The molecule has 0 aromatic heterocycles. The van der Waals surface area contributed by atoms with Gasteiger partial charge in [-0.1, -0.05) is 133 Å². The molecule has 0 radical (unpaired) electrons. The maximum atomic E-state index is 15.9. The number of fused-ring (bicyclic) bond motifs is 5. The molecule has 2 saturated carbocycles. The molecule has 83 heavy (non-hydrogen) atoms. The summed E-state index contributed by atoms with van der Waals surface area (Å²) in [5.41, 5.74) is -8.79. The van der Waals surface area contributed by atoms with Gasteiger partial charge in [-0.3, -0.25) is 19.2 Å². The van der Waals surface area contributed by atoms with Crippen molar-refractivity contribution in [2.45, 2.75) is 220 Å². The zero-order valence-corrected chi connectivity index (χ0v) is 50.8. The molecule has 1 aromatic rings. The monoisotopic (exact) mass is 1150 g/mol. The standard InChI is InChI=1S/C66H91NO16/c1-13-15-16-17-18-19-20-21-22-23-24-25-26-27-28-29-30-31-35-38-52(71)80-54(47(39-43(3)4)67-61(75)83-62(7,8)9)60(74)78-48-41-66(76)58(81-59(73)46-36-33-32-34-37-46)56-64(12,49(69)40-50-65(56,42-77-50)82-45(6)68)57(72)55(79-51(70)14-2)53(44(48)5)63(66,10)11/h15-16,18-19,21-22,24-25,27-28,30-34,36-37,43,47-50,54-56,58,69,76H,13-14,17,20,23,26,29,35,38-42H2,1-12H3,(H,67,75)/b16-15-,19-18-,22-21-,25-24-,28-27-,31-30+/t47-,48-,49-,50+,54+,55+,56?,58-,64+,65-,66+/m0/s1. The smallest absolute Gasteiger partial charge is 0.408 e. The Balaban J connectivity index is 1.50. The van der Waals surface area contributed by atoms with E-state index in [1.54, 1.807) is 59.7 Å². The number of nitrogens with one attached hydrogen (secondary N) is 1. The molecule has 4 aliphatic rings. The van der Waals surface area contributed by atoms with Gasteiger partial charge in [0.2, 0.25) is 6.10 Å². The Bertz CT molecular complexity index is 2650. The van der Waals surface area contributed by atoms with Crippen molar-refractivity contribution in [3.63, 3.8) is 0 Å². The third-order valence-corrected chi connectivity index (χ3v) is 16.1. The van der Waals surface area contributed by atoms with Crippen LogP contribution in [0, 0.1) is 22.7 Å². The van der Waals surface area contributed by atoms with E-state index in [1.807, 2.05) is 32.1 Å². The molecule has 1 aromatic carbocycles. The SMILES string of the molecule is CC/C=C\C/C=C\C/C=C\C/C=C\C/C=C\C/C=C/CCC(=O)O[C@@H](C(=O)O[C@H]1C[C@@]2(O)[C@@H](OC(=O)c3ccccc3)C3[C@](C)(C(=O)[C@H](OC(=O)CC)C(=C1C)C2(C)C)[C@@H](O)C[C@H]1OC[C@@]31OC(C)=O)[C@H](CC(C)C)NC(=O)OC(C)(C)C. The number of amides is 1. The van der Waals surface area contributed by atoms with Crippen molar-refractivity contribution in [2.75, 3.05) is 6.61 Å². The summed E-state index contributed by atoms with van der Waals surface area (Å²) >= 11 is 0. The van der Waals surface area contributed by atoms with Crippen LogP contribution >= 0.6 is 0 Å². The molecule has 456 valence electrons. The zero-order chi connectivity index (χ0) is 61.3. The fourth-order valence-corrected chi connectivity index (χ4v) is 11.8. The lowest BCUT2D eigenvalue weighted by Crippen LogP contribution is -2.82. The van der Waals surface area contributed by atoms with Crippen LogP contribution in [0.25, 0.3) is 0 Å². The Hall–Kier alpha value is -6.43. The first-order chi connectivity index (χ1) is 39.2. The van der Waals surface area contributed by atoms with Crippen molar-refractivity contribution < 1.29 is 76.9 Å². The largest absolute Gasteiger partial charge is 0.455 e. The number of ketones is 1. The average molecular weight is 1150 g/mol. The number of alkyl carbamates (subject to hydrolysis) is 1. The maximum absolute atomic E-state index is 15.9. The molecule has 17 heteroatoms. The Labute approximate surface area is 491 Å². The minimum absolute atomic E-state index is 0.00692. The minimum atomic E-state index is -2.44. The molecule has 1 saturated heterocycles. The van der Waals surface area contributed by atoms with Crippen LogP contribution in [0.4, 0.5) is 4.79 Å². The van der Waals surface area contributed by atoms with Crippen molar-refractivity contribution in [3.05, 3.63) is 120 Å². The number of rotatable bonds is 26. The molecule has 11 atom stereocenters. The number of Topliss-reactive ketones (excluding diaryl/α,β-unsaturated/α-hetero) is 1. The van der Waals surface area contributed by atoms with Gasteiger partial charge in [0.25, 0.3) is 0 Å². The fraction of sp³-hybridized carbons (Fsp3) is 0.591. The molecule has 2 bridgehead atoms. The number of benzene rings is 1. The topological polar surface area (TPSA) is 237 Å². The highest BCUT2D eigenvalue weighted by molar-refractivity contribution is 5.96. The van der Waals surface area contributed by atoms with E-state index in [-0.39, 0.29) is 61.3 Å². The number of aliphatic hydroxyl groups excluding tert-OH is 1. The molecule has 3 N–H and O–H groups in total. The third kappa shape index (κ3) is 16.7. The van der Waals surface area contributed by atoms with E-state index in [0.29, 0.717) is 6.42 Å². The van der Waals surface area contributed by atoms with Gasteiger partial charge in [0.05, 0.1) is 35.6 Å². The summed E-state index contributed by atoms with van der Waals surface area (Å²) in [6, 6.07) is 6.65. The molecule has 3 aliphatic carbocycles. The number of hydrogen-bond acceptors (Lipinski definition) is 16. The maximum Gasteiger partial charge on any atom is 0.408 e. The first-order valence-corrected chi connectivity index (χ1v) is 29.4. The van der Waals surface area contributed by atoms with E-state index in [4.69, 9.17) is 33.2 Å². The van der Waals surface area contributed by atoms with Crippen LogP contribution in [-0.2, 0) is 57.1 Å². The number of esters is 5. The molecular weight excluding hydrogens is 1060 g/mol. The lowest BCUT2D eigenvalue weighted by Gasteiger charge is -2.67. The van der Waals surface area contributed by atoms with Crippen LogP contribution in [0.2, 0.25) is 0 Å². The molecular formula is C66H91NO16. The van der Waals surface area contributed by atoms with Crippen molar-refractivity contribution in [1.82, 2.24) is 5.32 Å². The normalized spacial score (nSPS) is 27.7. The zero-order valence-electron chi connectivity index (χ0n) is 50.8. The van der Waals surface area contributed by atoms with E-state index in [1.165, 1.54) is 26.0 Å². The second kappa shape index (κ2) is 29.9. The van der Waals surface area contributed by atoms with Crippen molar-refractivity contribution >= 4 is 41.7 Å². The molecule has 5 rings (SSSR count). The summed E-state index contributed by atoms with van der Waals surface area (Å²) in [5, 5.41) is 29.1. The Kier molecular flexibility index (Phi) is 24.3. The Morgan fingerprint density at radius 3 is 1.88 bits per heavy atom. The summed E-state index contributed by atoms with van der Waals surface area (Å²) < 4.78 is 42.8. The van der Waals surface area contributed by atoms with Crippen molar-refractivity contribution in [1.29, 1.82) is 0 Å². The fourth-order valence-electron chi connectivity index (χ4n) is 11.8. The van der Waals surface area contributed by atoms with Gasteiger partial charge in [0, 0.05) is 38.0 Å². The van der Waals surface area contributed by atoms with Gasteiger partial charge in [0.1, 0.15) is 29.5 Å². The van der Waals surface area contributed by atoms with Gasteiger partial charge in [0.15, 0.2) is 17.5 Å². The van der Waals surface area contributed by atoms with Crippen LogP contribution < -0.4 is 5.32 Å². The highest BCUT2D eigenvalue weighted by atomic mass is 16.6. The second-order valence-corrected chi connectivity index (χ2v) is 24.2. The summed E-state index contributed by atoms with van der Waals surface area (Å²) in [6.07, 6.45) is 18.7. The van der Waals surface area contributed by atoms with E-state index >= 15 is 9.59 Å². The summed E-state index contributed by atoms with van der Waals surface area (Å²) in [4.78, 5) is 99.9. The second-order valence-electron chi connectivity index (χ2n) is 24.2. The van der Waals surface area contributed by atoms with Gasteiger partial charge in [-0.25, -0.2) is 14.4 Å². The predicted molar refractivity (Wildman–Crippen MR) is 313 cm³/mol. The molecule has 1 amide bonds. The van der Waals surface area contributed by atoms with Gasteiger partial charge in [-0.15, -0.1) is 0 Å². The van der Waals surface area contributed by atoms with Crippen molar-refractivity contribution in [3.8, 4) is 0 Å². The number of carbonyl (C=O) groups excluding carboxylic acids is 7. The minimum Gasteiger partial charge on any atom is -0.455 e. The predicted octanol–water partition coefficient (Wildman–Crippen LogP) is 10.9. The first kappa shape index (κ1) is 67.4.